The number of hydrogen-bond donors (Lipinski definition) is 0. The fourth-order valence-corrected chi connectivity index (χ4v) is 5.54. The maximum absolute atomic E-state index is 14.0. The molecule has 0 aliphatic heterocycles. The molecule has 1 saturated carbocycles. The smallest absolute Gasteiger partial charge is 0.254 e. The van der Waals surface area contributed by atoms with Crippen molar-refractivity contribution >= 4 is 35.0 Å². The minimum absolute atomic E-state index is 0.0154. The van der Waals surface area contributed by atoms with Crippen LogP contribution in [0.3, 0.4) is 0 Å². The van der Waals surface area contributed by atoms with Crippen molar-refractivity contribution in [3.63, 3.8) is 0 Å². The largest absolute Gasteiger partial charge is 0.345 e. The van der Waals surface area contributed by atoms with Crippen molar-refractivity contribution in [2.24, 2.45) is 5.92 Å². The van der Waals surface area contributed by atoms with Crippen molar-refractivity contribution in [2.75, 3.05) is 13.1 Å². The van der Waals surface area contributed by atoms with Crippen LogP contribution in [0.1, 0.15) is 67.6 Å². The average Bonchev–Trinajstić information content (AvgIpc) is 3.35. The normalized spacial score (nSPS) is 14.0. The minimum atomic E-state index is -0.207. The highest BCUT2D eigenvalue weighted by atomic mass is 35.5. The quantitative estimate of drug-likeness (QED) is 0.264. The molecular weight excluding hydrogens is 517 g/mol. The van der Waals surface area contributed by atoms with Crippen LogP contribution in [-0.2, 0) is 17.9 Å². The van der Waals surface area contributed by atoms with Gasteiger partial charge in [-0.3, -0.25) is 9.59 Å². The van der Waals surface area contributed by atoms with E-state index in [1.807, 2.05) is 29.2 Å². The van der Waals surface area contributed by atoms with Gasteiger partial charge in [-0.05, 0) is 54.7 Å². The number of hydrogen-bond acceptors (Lipinski definition) is 2. The first-order chi connectivity index (χ1) is 18.3. The number of amides is 2. The Morgan fingerprint density at radius 2 is 1.68 bits per heavy atom. The SMILES string of the molecule is CC(C)CN(CC(=O)N(Cc1cccn1Cc1ccccc1)C1CCCCC1)C(=O)c1ccc(Cl)c(Cl)c1. The molecule has 1 heterocycles. The number of benzene rings is 2. The first-order valence-corrected chi connectivity index (χ1v) is 14.3. The summed E-state index contributed by atoms with van der Waals surface area (Å²) in [5.74, 6) is -0.0131. The third-order valence-corrected chi connectivity index (χ3v) is 7.89. The molecule has 2 aromatic carbocycles. The Kier molecular flexibility index (Phi) is 9.92. The van der Waals surface area contributed by atoms with E-state index in [0.29, 0.717) is 28.7 Å². The molecule has 1 fully saturated rings. The summed E-state index contributed by atoms with van der Waals surface area (Å²) in [7, 11) is 0. The summed E-state index contributed by atoms with van der Waals surface area (Å²) in [6.07, 6.45) is 7.52. The summed E-state index contributed by atoms with van der Waals surface area (Å²) in [6, 6.07) is 19.5. The maximum Gasteiger partial charge on any atom is 0.254 e. The van der Waals surface area contributed by atoms with Crippen LogP contribution in [0.15, 0.2) is 66.9 Å². The zero-order valence-electron chi connectivity index (χ0n) is 22.3. The summed E-state index contributed by atoms with van der Waals surface area (Å²) in [5, 5.41) is 0.730. The highest BCUT2D eigenvalue weighted by molar-refractivity contribution is 6.42. The van der Waals surface area contributed by atoms with Crippen molar-refractivity contribution in [3.8, 4) is 0 Å². The van der Waals surface area contributed by atoms with Gasteiger partial charge in [-0.15, -0.1) is 0 Å². The highest BCUT2D eigenvalue weighted by Crippen LogP contribution is 2.26. The summed E-state index contributed by atoms with van der Waals surface area (Å²) in [5.41, 5.74) is 2.75. The van der Waals surface area contributed by atoms with E-state index < -0.39 is 0 Å². The first kappa shape index (κ1) is 28.3. The molecule has 0 saturated heterocycles. The molecule has 0 atom stereocenters. The van der Waals surface area contributed by atoms with Gasteiger partial charge in [0.1, 0.15) is 6.54 Å². The third kappa shape index (κ3) is 7.42. The molecular formula is C31H37Cl2N3O2. The second-order valence-corrected chi connectivity index (χ2v) is 11.4. The van der Waals surface area contributed by atoms with Crippen molar-refractivity contribution < 1.29 is 9.59 Å². The Balaban J connectivity index is 1.56. The standard InChI is InChI=1S/C31H37Cl2N3O2/c1-23(2)19-35(31(38)25-15-16-28(32)29(33)18-25)22-30(37)36(26-12-7-4-8-13-26)21-27-14-9-17-34(27)20-24-10-5-3-6-11-24/h3,5-6,9-11,14-18,23,26H,4,7-8,12-13,19-22H2,1-2H3. The zero-order chi connectivity index (χ0) is 27.1. The third-order valence-electron chi connectivity index (χ3n) is 7.15. The number of carbonyl (C=O) groups is 2. The molecule has 0 N–H and O–H groups in total. The lowest BCUT2D eigenvalue weighted by molar-refractivity contribution is -0.135. The van der Waals surface area contributed by atoms with Crippen LogP contribution in [-0.4, -0.2) is 45.3 Å². The molecule has 2 amide bonds. The molecule has 202 valence electrons. The van der Waals surface area contributed by atoms with Gasteiger partial charge in [0.15, 0.2) is 0 Å². The number of aromatic nitrogens is 1. The fraction of sp³-hybridized carbons (Fsp3) is 0.419. The molecule has 0 radical (unpaired) electrons. The van der Waals surface area contributed by atoms with Crippen LogP contribution in [0.4, 0.5) is 0 Å². The van der Waals surface area contributed by atoms with Crippen molar-refractivity contribution in [3.05, 3.63) is 93.7 Å². The van der Waals surface area contributed by atoms with E-state index in [1.165, 1.54) is 12.0 Å². The maximum atomic E-state index is 14.0. The van der Waals surface area contributed by atoms with Crippen LogP contribution < -0.4 is 0 Å². The molecule has 3 aromatic rings. The van der Waals surface area contributed by atoms with E-state index >= 15 is 0 Å². The van der Waals surface area contributed by atoms with E-state index in [9.17, 15) is 9.59 Å². The summed E-state index contributed by atoms with van der Waals surface area (Å²) in [4.78, 5) is 31.1. The van der Waals surface area contributed by atoms with Crippen LogP contribution in [0.2, 0.25) is 10.0 Å². The van der Waals surface area contributed by atoms with Gasteiger partial charge in [0.2, 0.25) is 5.91 Å². The predicted molar refractivity (Wildman–Crippen MR) is 155 cm³/mol. The van der Waals surface area contributed by atoms with Gasteiger partial charge in [0, 0.05) is 36.6 Å². The first-order valence-electron chi connectivity index (χ1n) is 13.5. The van der Waals surface area contributed by atoms with Crippen molar-refractivity contribution in [2.45, 2.75) is 65.1 Å². The van der Waals surface area contributed by atoms with Crippen molar-refractivity contribution in [1.29, 1.82) is 0 Å². The van der Waals surface area contributed by atoms with Gasteiger partial charge in [0.25, 0.3) is 5.91 Å². The van der Waals surface area contributed by atoms with Gasteiger partial charge in [0.05, 0.1) is 16.6 Å². The van der Waals surface area contributed by atoms with Gasteiger partial charge < -0.3 is 14.4 Å². The summed E-state index contributed by atoms with van der Waals surface area (Å²) >= 11 is 12.3. The molecule has 7 heteroatoms. The van der Waals surface area contributed by atoms with Crippen molar-refractivity contribution in [1.82, 2.24) is 14.4 Å². The molecule has 0 bridgehead atoms. The molecule has 1 aliphatic carbocycles. The molecule has 38 heavy (non-hydrogen) atoms. The Morgan fingerprint density at radius 1 is 0.947 bits per heavy atom. The second kappa shape index (κ2) is 13.3. The molecule has 5 nitrogen and oxygen atoms in total. The number of nitrogens with zero attached hydrogens (tertiary/aromatic N) is 3. The summed E-state index contributed by atoms with van der Waals surface area (Å²) < 4.78 is 2.21. The number of rotatable bonds is 10. The Bertz CT molecular complexity index is 1220. The van der Waals surface area contributed by atoms with Gasteiger partial charge in [-0.1, -0.05) is 86.6 Å². The Hall–Kier alpha value is -2.76. The zero-order valence-corrected chi connectivity index (χ0v) is 23.8. The van der Waals surface area contributed by atoms with E-state index in [0.717, 1.165) is 37.9 Å². The van der Waals surface area contributed by atoms with E-state index in [-0.39, 0.29) is 30.3 Å². The number of halogens is 2. The summed E-state index contributed by atoms with van der Waals surface area (Å²) in [6.45, 7) is 5.90. The molecule has 0 spiro atoms. The Labute approximate surface area is 236 Å². The topological polar surface area (TPSA) is 45.6 Å². The molecule has 1 aromatic heterocycles. The Morgan fingerprint density at radius 3 is 2.37 bits per heavy atom. The lowest BCUT2D eigenvalue weighted by Gasteiger charge is -2.36. The van der Waals surface area contributed by atoms with E-state index in [4.69, 9.17) is 23.2 Å². The van der Waals surface area contributed by atoms with Crippen LogP contribution in [0.5, 0.6) is 0 Å². The highest BCUT2D eigenvalue weighted by Gasteiger charge is 2.29. The lowest BCUT2D eigenvalue weighted by Crippen LogP contribution is -2.48. The minimum Gasteiger partial charge on any atom is -0.345 e. The molecule has 1 aliphatic rings. The fourth-order valence-electron chi connectivity index (χ4n) is 5.24. The average molecular weight is 555 g/mol. The van der Waals surface area contributed by atoms with E-state index in [1.54, 1.807) is 23.1 Å². The van der Waals surface area contributed by atoms with Gasteiger partial charge in [-0.2, -0.15) is 0 Å². The monoisotopic (exact) mass is 553 g/mol. The molecule has 0 unspecified atom stereocenters. The molecule has 4 rings (SSSR count). The predicted octanol–water partition coefficient (Wildman–Crippen LogP) is 7.30. The lowest BCUT2D eigenvalue weighted by atomic mass is 9.94. The van der Waals surface area contributed by atoms with Crippen LogP contribution in [0, 0.1) is 5.92 Å². The van der Waals surface area contributed by atoms with Gasteiger partial charge >= 0.3 is 0 Å². The van der Waals surface area contributed by atoms with Crippen LogP contribution >= 0.6 is 23.2 Å². The second-order valence-electron chi connectivity index (χ2n) is 10.6. The van der Waals surface area contributed by atoms with Crippen LogP contribution in [0.25, 0.3) is 0 Å². The number of carbonyl (C=O) groups excluding carboxylic acids is 2. The van der Waals surface area contributed by atoms with E-state index in [2.05, 4.69) is 42.8 Å². The van der Waals surface area contributed by atoms with Gasteiger partial charge in [-0.25, -0.2) is 0 Å².